The van der Waals surface area contributed by atoms with E-state index in [1.54, 1.807) is 32.4 Å². The van der Waals surface area contributed by atoms with E-state index in [0.29, 0.717) is 52.2 Å². The number of nitrogens with one attached hydrogen (secondary N) is 2. The molecule has 1 aliphatic rings. The first-order valence-corrected chi connectivity index (χ1v) is 11.3. The lowest BCUT2D eigenvalue weighted by atomic mass is 10.1. The van der Waals surface area contributed by atoms with E-state index in [4.69, 9.17) is 26.4 Å². The Morgan fingerprint density at radius 3 is 2.76 bits per heavy atom. The monoisotopic (exact) mass is 469 g/mol. The van der Waals surface area contributed by atoms with Crippen LogP contribution < -0.4 is 20.3 Å². The van der Waals surface area contributed by atoms with Crippen LogP contribution in [0.5, 0.6) is 11.5 Å². The molecule has 9 heteroatoms. The fourth-order valence-electron chi connectivity index (χ4n) is 3.99. The topological polar surface area (TPSA) is 94.6 Å². The number of amides is 1. The molecule has 1 amide bonds. The highest BCUT2D eigenvalue weighted by molar-refractivity contribution is 7.71. The van der Waals surface area contributed by atoms with Gasteiger partial charge in [0.1, 0.15) is 0 Å². The second-order valence-electron chi connectivity index (χ2n) is 7.93. The van der Waals surface area contributed by atoms with Gasteiger partial charge in [0.05, 0.1) is 31.2 Å². The number of benzene rings is 2. The van der Waals surface area contributed by atoms with Crippen LogP contribution in [0.4, 0.5) is 0 Å². The van der Waals surface area contributed by atoms with Gasteiger partial charge in [0.15, 0.2) is 16.3 Å². The maximum Gasteiger partial charge on any atom is 0.262 e. The second-order valence-corrected chi connectivity index (χ2v) is 8.32. The highest BCUT2D eigenvalue weighted by Crippen LogP contribution is 2.27. The molecule has 1 saturated heterocycles. The highest BCUT2D eigenvalue weighted by atomic mass is 32.1. The molecule has 4 rings (SSSR count). The van der Waals surface area contributed by atoms with Crippen molar-refractivity contribution in [2.45, 2.75) is 31.9 Å². The maximum atomic E-state index is 13.1. The van der Waals surface area contributed by atoms with Crippen molar-refractivity contribution in [1.82, 2.24) is 14.9 Å². The number of carbonyl (C=O) groups is 1. The van der Waals surface area contributed by atoms with Crippen molar-refractivity contribution in [1.29, 1.82) is 0 Å². The summed E-state index contributed by atoms with van der Waals surface area (Å²) in [6.45, 7) is 1.62. The molecular formula is C24H27N3O5S. The van der Waals surface area contributed by atoms with E-state index in [1.165, 1.54) is 4.57 Å². The van der Waals surface area contributed by atoms with E-state index in [-0.39, 0.29) is 17.6 Å². The first-order valence-electron chi connectivity index (χ1n) is 10.9. The Morgan fingerprint density at radius 1 is 1.21 bits per heavy atom. The lowest BCUT2D eigenvalue weighted by Gasteiger charge is -2.12. The molecule has 8 nitrogen and oxygen atoms in total. The normalized spacial score (nSPS) is 15.5. The van der Waals surface area contributed by atoms with Gasteiger partial charge in [0.2, 0.25) is 0 Å². The van der Waals surface area contributed by atoms with Crippen molar-refractivity contribution in [3.05, 3.63) is 62.6 Å². The Labute approximate surface area is 196 Å². The molecule has 1 fully saturated rings. The van der Waals surface area contributed by atoms with Crippen molar-refractivity contribution in [3.8, 4) is 11.5 Å². The molecule has 3 aromatic rings. The van der Waals surface area contributed by atoms with Crippen LogP contribution in [-0.2, 0) is 17.7 Å². The number of hydrogen-bond acceptors (Lipinski definition) is 6. The summed E-state index contributed by atoms with van der Waals surface area (Å²) < 4.78 is 18.0. The van der Waals surface area contributed by atoms with Gasteiger partial charge in [-0.25, -0.2) is 0 Å². The molecule has 1 aliphatic heterocycles. The summed E-state index contributed by atoms with van der Waals surface area (Å²) in [5.41, 5.74) is 1.80. The number of aromatic amines is 1. The summed E-state index contributed by atoms with van der Waals surface area (Å²) in [4.78, 5) is 28.7. The lowest BCUT2D eigenvalue weighted by molar-refractivity contribution is 0.0858. The van der Waals surface area contributed by atoms with E-state index in [1.807, 2.05) is 18.2 Å². The van der Waals surface area contributed by atoms with E-state index in [0.717, 1.165) is 25.0 Å². The highest BCUT2D eigenvalue weighted by Gasteiger charge is 2.17. The Hall–Kier alpha value is -3.17. The zero-order valence-electron chi connectivity index (χ0n) is 18.7. The largest absolute Gasteiger partial charge is 0.493 e. The average molecular weight is 470 g/mol. The molecule has 2 heterocycles. The third kappa shape index (κ3) is 5.09. The van der Waals surface area contributed by atoms with Crippen LogP contribution in [0.25, 0.3) is 10.9 Å². The van der Waals surface area contributed by atoms with Crippen LogP contribution in [0, 0.1) is 4.77 Å². The van der Waals surface area contributed by atoms with Crippen molar-refractivity contribution in [2.24, 2.45) is 0 Å². The predicted octanol–water partition coefficient (Wildman–Crippen LogP) is 3.23. The maximum absolute atomic E-state index is 13.1. The Balaban J connectivity index is 1.52. The van der Waals surface area contributed by atoms with Crippen LogP contribution in [0.15, 0.2) is 41.2 Å². The van der Waals surface area contributed by atoms with Gasteiger partial charge in [0.25, 0.3) is 11.5 Å². The summed E-state index contributed by atoms with van der Waals surface area (Å²) in [6, 6.07) is 10.6. The number of methoxy groups -OCH3 is 2. The summed E-state index contributed by atoms with van der Waals surface area (Å²) in [5.74, 6) is 1.08. The van der Waals surface area contributed by atoms with Gasteiger partial charge in [-0.3, -0.25) is 14.2 Å². The van der Waals surface area contributed by atoms with Gasteiger partial charge in [-0.05, 0) is 67.4 Å². The average Bonchev–Trinajstić information content (AvgIpc) is 3.35. The zero-order chi connectivity index (χ0) is 23.4. The molecular weight excluding hydrogens is 442 g/mol. The molecule has 0 radical (unpaired) electrons. The standard InChI is InChI=1S/C24H27N3O5S/c1-30-20-8-5-15(12-21(20)31-2)9-10-27-23(29)18-7-6-16(13-19(18)26-24(27)33)22(28)25-14-17-4-3-11-32-17/h5-8,12-13,17H,3-4,9-11,14H2,1-2H3,(H,25,28)(H,26,33). The molecule has 1 unspecified atom stereocenters. The summed E-state index contributed by atoms with van der Waals surface area (Å²) in [5, 5.41) is 3.37. The van der Waals surface area contributed by atoms with Crippen molar-refractivity contribution < 1.29 is 19.0 Å². The SMILES string of the molecule is COc1ccc(CCn2c(=S)[nH]c3cc(C(=O)NCC4CCCO4)ccc3c2=O)cc1OC. The molecule has 0 bridgehead atoms. The minimum absolute atomic E-state index is 0.0677. The third-order valence-corrected chi connectivity index (χ3v) is 6.15. The van der Waals surface area contributed by atoms with Gasteiger partial charge in [-0.1, -0.05) is 6.07 Å². The van der Waals surface area contributed by atoms with E-state index >= 15 is 0 Å². The molecule has 0 aliphatic carbocycles. The molecule has 0 saturated carbocycles. The van der Waals surface area contributed by atoms with Gasteiger partial charge < -0.3 is 24.5 Å². The number of aryl methyl sites for hydroxylation is 1. The van der Waals surface area contributed by atoms with Crippen molar-refractivity contribution in [2.75, 3.05) is 27.4 Å². The minimum Gasteiger partial charge on any atom is -0.493 e. The minimum atomic E-state index is -0.204. The second kappa shape index (κ2) is 10.2. The zero-order valence-corrected chi connectivity index (χ0v) is 19.5. The van der Waals surface area contributed by atoms with Crippen LogP contribution in [0.3, 0.4) is 0 Å². The number of rotatable bonds is 8. The fourth-order valence-corrected chi connectivity index (χ4v) is 4.27. The molecule has 0 spiro atoms. The number of hydrogen-bond donors (Lipinski definition) is 2. The van der Waals surface area contributed by atoms with Gasteiger partial charge in [0, 0.05) is 25.3 Å². The number of ether oxygens (including phenoxy) is 3. The first kappa shape index (κ1) is 23.0. The lowest BCUT2D eigenvalue weighted by Crippen LogP contribution is -2.31. The quantitative estimate of drug-likeness (QED) is 0.492. The summed E-state index contributed by atoms with van der Waals surface area (Å²) >= 11 is 5.45. The number of nitrogens with zero attached hydrogens (tertiary/aromatic N) is 1. The summed E-state index contributed by atoms with van der Waals surface area (Å²) in [6.07, 6.45) is 2.63. The van der Waals surface area contributed by atoms with E-state index in [2.05, 4.69) is 10.3 Å². The Bertz CT molecular complexity index is 1280. The van der Waals surface area contributed by atoms with Crippen molar-refractivity contribution >= 4 is 29.0 Å². The predicted molar refractivity (Wildman–Crippen MR) is 128 cm³/mol. The van der Waals surface area contributed by atoms with Gasteiger partial charge >= 0.3 is 0 Å². The summed E-state index contributed by atoms with van der Waals surface area (Å²) in [7, 11) is 3.17. The Morgan fingerprint density at radius 2 is 2.03 bits per heavy atom. The molecule has 174 valence electrons. The van der Waals surface area contributed by atoms with Crippen LogP contribution >= 0.6 is 12.2 Å². The smallest absolute Gasteiger partial charge is 0.262 e. The molecule has 33 heavy (non-hydrogen) atoms. The van der Waals surface area contributed by atoms with Crippen molar-refractivity contribution in [3.63, 3.8) is 0 Å². The van der Waals surface area contributed by atoms with E-state index < -0.39 is 0 Å². The number of carbonyl (C=O) groups excluding carboxylic acids is 1. The van der Waals surface area contributed by atoms with Crippen LogP contribution in [-0.4, -0.2) is 48.9 Å². The fraction of sp³-hybridized carbons (Fsp3) is 0.375. The van der Waals surface area contributed by atoms with Gasteiger partial charge in [-0.15, -0.1) is 0 Å². The number of aromatic nitrogens is 2. The first-order chi connectivity index (χ1) is 16.0. The van der Waals surface area contributed by atoms with Crippen LogP contribution in [0.2, 0.25) is 0 Å². The van der Waals surface area contributed by atoms with E-state index in [9.17, 15) is 9.59 Å². The molecule has 1 aromatic heterocycles. The number of fused-ring (bicyclic) bond motifs is 1. The molecule has 2 N–H and O–H groups in total. The molecule has 2 aromatic carbocycles. The van der Waals surface area contributed by atoms with Crippen LogP contribution in [0.1, 0.15) is 28.8 Å². The third-order valence-electron chi connectivity index (χ3n) is 5.83. The number of H-pyrrole nitrogens is 1. The molecule has 1 atom stereocenters. The van der Waals surface area contributed by atoms with Gasteiger partial charge in [-0.2, -0.15) is 0 Å². The Kier molecular flexibility index (Phi) is 7.10.